The molecule has 0 aromatic heterocycles. The minimum Gasteiger partial charge on any atom is -0.383 e. The van der Waals surface area contributed by atoms with E-state index >= 15 is 0 Å². The molecular weight excluding hydrogens is 250 g/mol. The average molecular weight is 270 g/mol. The number of methoxy groups -OCH3 is 1. The van der Waals surface area contributed by atoms with Crippen molar-refractivity contribution in [1.82, 2.24) is 4.90 Å². The molecule has 4 heteroatoms. The van der Waals surface area contributed by atoms with E-state index in [4.69, 9.17) is 16.3 Å². The van der Waals surface area contributed by atoms with Crippen LogP contribution in [0.3, 0.4) is 0 Å². The van der Waals surface area contributed by atoms with Crippen LogP contribution in [0.5, 0.6) is 0 Å². The van der Waals surface area contributed by atoms with Crippen LogP contribution in [0.1, 0.15) is 29.8 Å². The lowest BCUT2D eigenvalue weighted by molar-refractivity contribution is 0.0579. The monoisotopic (exact) mass is 269 g/mol. The number of hydrogen-bond acceptors (Lipinski definition) is 2. The van der Waals surface area contributed by atoms with Crippen molar-refractivity contribution in [3.05, 3.63) is 35.4 Å². The van der Waals surface area contributed by atoms with E-state index in [9.17, 15) is 4.79 Å². The number of carbonyl (C=O) groups excluding carboxylic acids is 1. The molecule has 1 amide bonds. The van der Waals surface area contributed by atoms with Gasteiger partial charge < -0.3 is 9.64 Å². The summed E-state index contributed by atoms with van der Waals surface area (Å²) < 4.78 is 5.10. The Labute approximate surface area is 114 Å². The molecule has 1 rings (SSSR count). The van der Waals surface area contributed by atoms with E-state index in [2.05, 4.69) is 0 Å². The van der Waals surface area contributed by atoms with Crippen LogP contribution >= 0.6 is 11.6 Å². The van der Waals surface area contributed by atoms with E-state index in [1.54, 1.807) is 12.0 Å². The molecule has 1 atom stereocenters. The molecule has 0 aliphatic rings. The Morgan fingerprint density at radius 1 is 1.39 bits per heavy atom. The molecule has 3 nitrogen and oxygen atoms in total. The largest absolute Gasteiger partial charge is 0.383 e. The molecule has 0 N–H and O–H groups in total. The predicted octanol–water partition coefficient (Wildman–Crippen LogP) is 2.92. The van der Waals surface area contributed by atoms with Gasteiger partial charge in [-0.15, -0.1) is 11.6 Å². The number of nitrogens with zero attached hydrogens (tertiary/aromatic N) is 1. The van der Waals surface area contributed by atoms with Gasteiger partial charge in [-0.05, 0) is 31.5 Å². The van der Waals surface area contributed by atoms with Gasteiger partial charge in [-0.1, -0.05) is 12.1 Å². The van der Waals surface area contributed by atoms with Crippen molar-refractivity contribution in [3.8, 4) is 0 Å². The van der Waals surface area contributed by atoms with Gasteiger partial charge in [-0.25, -0.2) is 0 Å². The second-order valence-electron chi connectivity index (χ2n) is 4.23. The lowest BCUT2D eigenvalue weighted by Crippen LogP contribution is -2.40. The summed E-state index contributed by atoms with van der Waals surface area (Å²) in [5.74, 6) is 0.495. The minimum atomic E-state index is 0.0307. The second kappa shape index (κ2) is 7.39. The first kappa shape index (κ1) is 15.0. The summed E-state index contributed by atoms with van der Waals surface area (Å²) in [6.07, 6.45) is 0. The van der Waals surface area contributed by atoms with Crippen molar-refractivity contribution < 1.29 is 9.53 Å². The van der Waals surface area contributed by atoms with Crippen molar-refractivity contribution in [3.63, 3.8) is 0 Å². The van der Waals surface area contributed by atoms with Gasteiger partial charge in [0.2, 0.25) is 0 Å². The summed E-state index contributed by atoms with van der Waals surface area (Å²) in [5.41, 5.74) is 1.70. The van der Waals surface area contributed by atoms with Crippen molar-refractivity contribution in [2.75, 3.05) is 20.3 Å². The number of likely N-dealkylation sites (N-methyl/N-ethyl adjacent to an activating group) is 1. The summed E-state index contributed by atoms with van der Waals surface area (Å²) in [6.45, 7) is 5.16. The fourth-order valence-corrected chi connectivity index (χ4v) is 2.07. The van der Waals surface area contributed by atoms with Crippen molar-refractivity contribution in [1.29, 1.82) is 0 Å². The Bertz CT molecular complexity index is 378. The van der Waals surface area contributed by atoms with Gasteiger partial charge in [0.15, 0.2) is 0 Å². The van der Waals surface area contributed by atoms with Crippen LogP contribution in [-0.2, 0) is 10.6 Å². The highest BCUT2D eigenvalue weighted by Crippen LogP contribution is 2.11. The summed E-state index contributed by atoms with van der Waals surface area (Å²) in [6, 6.07) is 7.48. The Morgan fingerprint density at radius 2 is 2.00 bits per heavy atom. The number of ether oxygens (including phenoxy) is 1. The lowest BCUT2D eigenvalue weighted by Gasteiger charge is -2.27. The van der Waals surface area contributed by atoms with Crippen molar-refractivity contribution in [2.24, 2.45) is 0 Å². The zero-order valence-corrected chi connectivity index (χ0v) is 11.9. The first-order valence-electron chi connectivity index (χ1n) is 6.08. The number of halogens is 1. The zero-order chi connectivity index (χ0) is 13.5. The third-order valence-electron chi connectivity index (χ3n) is 2.90. The predicted molar refractivity (Wildman–Crippen MR) is 74.0 cm³/mol. The first-order valence-corrected chi connectivity index (χ1v) is 6.62. The third-order valence-corrected chi connectivity index (χ3v) is 3.21. The van der Waals surface area contributed by atoms with E-state index < -0.39 is 0 Å². The number of amides is 1. The van der Waals surface area contributed by atoms with Crippen molar-refractivity contribution in [2.45, 2.75) is 25.8 Å². The fraction of sp³-hybridized carbons (Fsp3) is 0.500. The number of rotatable bonds is 6. The molecule has 0 spiro atoms. The zero-order valence-electron chi connectivity index (χ0n) is 11.1. The van der Waals surface area contributed by atoms with Gasteiger partial charge in [0.25, 0.3) is 5.91 Å². The highest BCUT2D eigenvalue weighted by atomic mass is 35.5. The van der Waals surface area contributed by atoms with E-state index in [1.165, 1.54) is 0 Å². The first-order chi connectivity index (χ1) is 8.63. The number of alkyl halides is 1. The molecule has 0 bridgehead atoms. The van der Waals surface area contributed by atoms with E-state index in [0.29, 0.717) is 24.6 Å². The highest BCUT2D eigenvalue weighted by molar-refractivity contribution is 6.17. The molecule has 0 saturated heterocycles. The van der Waals surface area contributed by atoms with Gasteiger partial charge in [0.1, 0.15) is 0 Å². The minimum absolute atomic E-state index is 0.0307. The van der Waals surface area contributed by atoms with E-state index in [0.717, 1.165) is 5.56 Å². The third kappa shape index (κ3) is 3.72. The van der Waals surface area contributed by atoms with Crippen LogP contribution in [0.4, 0.5) is 0 Å². The maximum absolute atomic E-state index is 12.3. The molecule has 18 heavy (non-hydrogen) atoms. The topological polar surface area (TPSA) is 29.5 Å². The average Bonchev–Trinajstić information content (AvgIpc) is 2.40. The van der Waals surface area contributed by atoms with E-state index in [-0.39, 0.29) is 11.9 Å². The Morgan fingerprint density at radius 3 is 2.44 bits per heavy atom. The van der Waals surface area contributed by atoms with Crippen LogP contribution in [0.15, 0.2) is 24.3 Å². The standard InChI is InChI=1S/C14H20ClNO2/c1-4-16(11(2)10-18-3)14(17)13-7-5-12(9-15)6-8-13/h5-8,11H,4,9-10H2,1-3H3. The molecule has 0 fully saturated rings. The fourth-order valence-electron chi connectivity index (χ4n) is 1.89. The molecule has 0 aliphatic heterocycles. The van der Waals surface area contributed by atoms with Crippen LogP contribution in [0.25, 0.3) is 0 Å². The molecule has 1 aromatic carbocycles. The number of benzene rings is 1. The van der Waals surface area contributed by atoms with Gasteiger partial charge in [-0.2, -0.15) is 0 Å². The maximum atomic E-state index is 12.3. The number of hydrogen-bond donors (Lipinski definition) is 0. The van der Waals surface area contributed by atoms with Gasteiger partial charge in [-0.3, -0.25) is 4.79 Å². The van der Waals surface area contributed by atoms with Gasteiger partial charge in [0.05, 0.1) is 12.6 Å². The Balaban J connectivity index is 2.82. The smallest absolute Gasteiger partial charge is 0.254 e. The molecule has 100 valence electrons. The van der Waals surface area contributed by atoms with Crippen molar-refractivity contribution >= 4 is 17.5 Å². The van der Waals surface area contributed by atoms with Crippen LogP contribution in [0.2, 0.25) is 0 Å². The second-order valence-corrected chi connectivity index (χ2v) is 4.49. The molecular formula is C14H20ClNO2. The molecule has 1 aromatic rings. The van der Waals surface area contributed by atoms with Gasteiger partial charge in [0, 0.05) is 25.1 Å². The summed E-state index contributed by atoms with van der Waals surface area (Å²) in [4.78, 5) is 14.1. The Kier molecular flexibility index (Phi) is 6.16. The quantitative estimate of drug-likeness (QED) is 0.743. The SMILES string of the molecule is CCN(C(=O)c1ccc(CCl)cc1)C(C)COC. The summed E-state index contributed by atoms with van der Waals surface area (Å²) in [5, 5.41) is 0. The van der Waals surface area contributed by atoms with Gasteiger partial charge >= 0.3 is 0 Å². The number of carbonyl (C=O) groups is 1. The normalized spacial score (nSPS) is 12.2. The van der Waals surface area contributed by atoms with E-state index in [1.807, 2.05) is 38.1 Å². The van der Waals surface area contributed by atoms with Crippen LogP contribution in [-0.4, -0.2) is 37.1 Å². The Hall–Kier alpha value is -1.06. The molecule has 0 radical (unpaired) electrons. The summed E-state index contributed by atoms with van der Waals surface area (Å²) >= 11 is 5.73. The van der Waals surface area contributed by atoms with Crippen LogP contribution in [0, 0.1) is 0 Å². The maximum Gasteiger partial charge on any atom is 0.254 e. The molecule has 0 aliphatic carbocycles. The lowest BCUT2D eigenvalue weighted by atomic mass is 10.1. The molecule has 0 heterocycles. The molecule has 1 unspecified atom stereocenters. The van der Waals surface area contributed by atoms with Crippen LogP contribution < -0.4 is 0 Å². The molecule has 0 saturated carbocycles. The summed E-state index contributed by atoms with van der Waals surface area (Å²) in [7, 11) is 1.64. The highest BCUT2D eigenvalue weighted by Gasteiger charge is 2.19.